The number of unbranched alkanes of at least 4 members (excludes halogenated alkanes) is 6. The van der Waals surface area contributed by atoms with Crippen LogP contribution in [0.5, 0.6) is 0 Å². The molecule has 0 saturated heterocycles. The van der Waals surface area contributed by atoms with Gasteiger partial charge in [-0.25, -0.2) is 0 Å². The average Bonchev–Trinajstić information content (AvgIpc) is 2.69. The minimum absolute atomic E-state index is 0.152. The van der Waals surface area contributed by atoms with Gasteiger partial charge in [0, 0.05) is 5.41 Å². The van der Waals surface area contributed by atoms with Gasteiger partial charge in [0.15, 0.2) is 0 Å². The number of aliphatic carboxylic acids is 1. The molecule has 0 aliphatic heterocycles. The van der Waals surface area contributed by atoms with E-state index in [9.17, 15) is 9.90 Å². The Morgan fingerprint density at radius 1 is 0.926 bits per heavy atom. The summed E-state index contributed by atoms with van der Waals surface area (Å²) in [5.74, 6) is -1.26. The second-order valence-corrected chi connectivity index (χ2v) is 7.90. The molecule has 2 heteroatoms. The van der Waals surface area contributed by atoms with Crippen molar-refractivity contribution in [3.63, 3.8) is 0 Å². The summed E-state index contributed by atoms with van der Waals surface area (Å²) in [5, 5.41) is 9.35. The molecule has 1 N–H and O–H groups in total. The van der Waals surface area contributed by atoms with Gasteiger partial charge < -0.3 is 5.11 Å². The van der Waals surface area contributed by atoms with Gasteiger partial charge in [-0.05, 0) is 30.4 Å². The number of rotatable bonds is 12. The molecule has 0 radical (unpaired) electrons. The largest absolute Gasteiger partial charge is 0.481 e. The molecule has 0 spiro atoms. The van der Waals surface area contributed by atoms with Gasteiger partial charge in [-0.3, -0.25) is 4.79 Å². The van der Waals surface area contributed by atoms with Crippen LogP contribution in [0, 0.1) is 5.92 Å². The number of carboxylic acids is 1. The van der Waals surface area contributed by atoms with E-state index >= 15 is 0 Å². The first-order valence-electron chi connectivity index (χ1n) is 10.8. The van der Waals surface area contributed by atoms with E-state index in [0.29, 0.717) is 0 Å². The average molecular weight is 369 g/mol. The third-order valence-electron chi connectivity index (χ3n) is 5.75. The number of hydrogen-bond acceptors (Lipinski definition) is 1. The van der Waals surface area contributed by atoms with Gasteiger partial charge >= 0.3 is 5.97 Å². The quantitative estimate of drug-likeness (QED) is 0.324. The Balaban J connectivity index is 2.24. The van der Waals surface area contributed by atoms with Gasteiger partial charge in [0.25, 0.3) is 0 Å². The fourth-order valence-electron chi connectivity index (χ4n) is 4.09. The van der Waals surface area contributed by atoms with E-state index in [1.165, 1.54) is 62.5 Å². The van der Waals surface area contributed by atoms with E-state index in [2.05, 4.69) is 50.3 Å². The summed E-state index contributed by atoms with van der Waals surface area (Å²) in [5.41, 5.74) is 2.64. The third-order valence-corrected chi connectivity index (χ3v) is 5.75. The van der Waals surface area contributed by atoms with E-state index < -0.39 is 11.9 Å². The van der Waals surface area contributed by atoms with Crippen molar-refractivity contribution in [1.82, 2.24) is 0 Å². The number of carboxylic acid groups (broad SMARTS) is 1. The molecule has 0 atom stereocenters. The normalized spacial score (nSPS) is 21.5. The lowest BCUT2D eigenvalue weighted by Crippen LogP contribution is -2.27. The number of aryl methyl sites for hydroxylation is 1. The summed E-state index contributed by atoms with van der Waals surface area (Å²) in [6.45, 7) is 4.48. The Labute approximate surface area is 165 Å². The Bertz CT molecular complexity index is 627. The van der Waals surface area contributed by atoms with Crippen LogP contribution >= 0.6 is 0 Å². The minimum atomic E-state index is -0.768. The topological polar surface area (TPSA) is 37.3 Å². The van der Waals surface area contributed by atoms with E-state index in [-0.39, 0.29) is 5.41 Å². The first kappa shape index (κ1) is 21.5. The molecule has 0 bridgehead atoms. The monoisotopic (exact) mass is 368 g/mol. The van der Waals surface area contributed by atoms with Crippen LogP contribution < -0.4 is 0 Å². The van der Waals surface area contributed by atoms with Gasteiger partial charge in [0.1, 0.15) is 0 Å². The Hall–Kier alpha value is -1.83. The van der Waals surface area contributed by atoms with E-state index in [0.717, 1.165) is 12.8 Å². The molecule has 1 aliphatic rings. The molecule has 0 heterocycles. The van der Waals surface area contributed by atoms with Crippen molar-refractivity contribution in [2.75, 3.05) is 0 Å². The van der Waals surface area contributed by atoms with Gasteiger partial charge in [-0.15, -0.1) is 0 Å². The van der Waals surface area contributed by atoms with Crippen LogP contribution in [-0.4, -0.2) is 11.1 Å². The minimum Gasteiger partial charge on any atom is -0.481 e. The fraction of sp³-hybridized carbons (Fsp3) is 0.560. The molecule has 1 aromatic rings. The van der Waals surface area contributed by atoms with Crippen LogP contribution in [-0.2, 0) is 16.6 Å². The van der Waals surface area contributed by atoms with Gasteiger partial charge in [-0.1, -0.05) is 107 Å². The Morgan fingerprint density at radius 2 is 1.56 bits per heavy atom. The number of hydrogen-bond donors (Lipinski definition) is 1. The lowest BCUT2D eigenvalue weighted by Gasteiger charge is -2.33. The summed E-state index contributed by atoms with van der Waals surface area (Å²) in [6.07, 6.45) is 20.2. The predicted octanol–water partition coefficient (Wildman–Crippen LogP) is 6.84. The first-order valence-corrected chi connectivity index (χ1v) is 10.8. The molecule has 1 aliphatic carbocycles. The molecule has 148 valence electrons. The first-order chi connectivity index (χ1) is 13.1. The summed E-state index contributed by atoms with van der Waals surface area (Å²) >= 11 is 0. The second kappa shape index (κ2) is 11.1. The molecule has 0 saturated carbocycles. The molecule has 0 amide bonds. The highest BCUT2D eigenvalue weighted by Gasteiger charge is 2.31. The van der Waals surface area contributed by atoms with Crippen molar-refractivity contribution in [2.24, 2.45) is 5.92 Å². The number of benzene rings is 1. The van der Waals surface area contributed by atoms with Gasteiger partial charge in [0.2, 0.25) is 0 Å². The zero-order valence-electron chi connectivity index (χ0n) is 17.1. The highest BCUT2D eigenvalue weighted by atomic mass is 16.4. The Kier molecular flexibility index (Phi) is 8.84. The van der Waals surface area contributed by atoms with Crippen molar-refractivity contribution in [3.05, 3.63) is 59.7 Å². The lowest BCUT2D eigenvalue weighted by atomic mass is 9.70. The van der Waals surface area contributed by atoms with Crippen LogP contribution in [0.3, 0.4) is 0 Å². The maximum Gasteiger partial charge on any atom is 0.314 e. The highest BCUT2D eigenvalue weighted by molar-refractivity contribution is 5.75. The van der Waals surface area contributed by atoms with E-state index in [1.807, 2.05) is 12.2 Å². The lowest BCUT2D eigenvalue weighted by molar-refractivity contribution is -0.138. The molecule has 1 aromatic carbocycles. The molecular weight excluding hydrogens is 332 g/mol. The van der Waals surface area contributed by atoms with Crippen molar-refractivity contribution >= 4 is 5.97 Å². The van der Waals surface area contributed by atoms with Crippen LogP contribution in [0.2, 0.25) is 0 Å². The van der Waals surface area contributed by atoms with Crippen LogP contribution in [0.4, 0.5) is 0 Å². The molecule has 0 aromatic heterocycles. The summed E-state index contributed by atoms with van der Waals surface area (Å²) in [7, 11) is 0. The maximum absolute atomic E-state index is 11.4. The van der Waals surface area contributed by atoms with Gasteiger partial charge in [-0.2, -0.15) is 0 Å². The SMILES string of the molecule is CCCCCCCC1(c2ccccc2CCCCC)C=CC(C(=O)O)C=C1. The predicted molar refractivity (Wildman–Crippen MR) is 114 cm³/mol. The third kappa shape index (κ3) is 6.09. The van der Waals surface area contributed by atoms with Crippen molar-refractivity contribution in [3.8, 4) is 0 Å². The fourth-order valence-corrected chi connectivity index (χ4v) is 4.09. The van der Waals surface area contributed by atoms with Crippen molar-refractivity contribution < 1.29 is 9.90 Å². The van der Waals surface area contributed by atoms with E-state index in [1.54, 1.807) is 0 Å². The van der Waals surface area contributed by atoms with Crippen LogP contribution in [0.1, 0.15) is 82.8 Å². The molecular formula is C25H36O2. The van der Waals surface area contributed by atoms with Crippen molar-refractivity contribution in [1.29, 1.82) is 0 Å². The van der Waals surface area contributed by atoms with Crippen LogP contribution in [0.15, 0.2) is 48.6 Å². The number of allylic oxidation sites excluding steroid dienone is 2. The highest BCUT2D eigenvalue weighted by Crippen LogP contribution is 2.39. The summed E-state index contributed by atoms with van der Waals surface area (Å²) < 4.78 is 0. The second-order valence-electron chi connectivity index (χ2n) is 7.90. The maximum atomic E-state index is 11.4. The zero-order chi connectivity index (χ0) is 19.5. The molecule has 27 heavy (non-hydrogen) atoms. The van der Waals surface area contributed by atoms with E-state index in [4.69, 9.17) is 0 Å². The Morgan fingerprint density at radius 3 is 2.22 bits per heavy atom. The van der Waals surface area contributed by atoms with Gasteiger partial charge in [0.05, 0.1) is 5.92 Å². The molecule has 2 rings (SSSR count). The smallest absolute Gasteiger partial charge is 0.314 e. The zero-order valence-corrected chi connectivity index (χ0v) is 17.1. The summed E-state index contributed by atoms with van der Waals surface area (Å²) in [4.78, 5) is 11.4. The van der Waals surface area contributed by atoms with Crippen LogP contribution in [0.25, 0.3) is 0 Å². The molecule has 0 fully saturated rings. The summed E-state index contributed by atoms with van der Waals surface area (Å²) in [6, 6.07) is 8.77. The standard InChI is InChI=1S/C25H36O2/c1-3-5-7-8-12-18-25(19-16-22(17-20-25)24(26)27)23-15-11-10-14-21(23)13-9-6-4-2/h10-11,14-17,19-20,22H,3-9,12-13,18H2,1-2H3,(H,26,27). The van der Waals surface area contributed by atoms with Crippen molar-refractivity contribution in [2.45, 2.75) is 83.5 Å². The number of carbonyl (C=O) groups is 1. The molecule has 0 unspecified atom stereocenters. The molecule has 2 nitrogen and oxygen atoms in total.